The van der Waals surface area contributed by atoms with E-state index >= 15 is 0 Å². The summed E-state index contributed by atoms with van der Waals surface area (Å²) in [7, 11) is 0. The molecule has 2 aromatic carbocycles. The third kappa shape index (κ3) is 5.25. The molecule has 0 fully saturated rings. The van der Waals surface area contributed by atoms with Gasteiger partial charge in [-0.15, -0.1) is 0 Å². The van der Waals surface area contributed by atoms with E-state index in [2.05, 4.69) is 30.6 Å². The number of hydrogen-bond acceptors (Lipinski definition) is 5. The minimum Gasteiger partial charge on any atom is -0.424 e. The van der Waals surface area contributed by atoms with Crippen LogP contribution in [0, 0.1) is 0 Å². The first kappa shape index (κ1) is 22.8. The third-order valence-corrected chi connectivity index (χ3v) is 5.13. The van der Waals surface area contributed by atoms with E-state index in [-0.39, 0.29) is 17.4 Å². The molecule has 0 spiro atoms. The monoisotopic (exact) mass is 490 g/mol. The third-order valence-electron chi connectivity index (χ3n) is 5.13. The van der Waals surface area contributed by atoms with E-state index in [9.17, 15) is 18.0 Å². The van der Waals surface area contributed by atoms with Crippen molar-refractivity contribution in [1.82, 2.24) is 19.9 Å². The number of anilines is 2. The smallest absolute Gasteiger partial charge is 0.416 e. The highest BCUT2D eigenvalue weighted by atomic mass is 19.4. The molecule has 5 aromatic rings. The van der Waals surface area contributed by atoms with Gasteiger partial charge in [0.1, 0.15) is 11.4 Å². The molecule has 0 saturated heterocycles. The van der Waals surface area contributed by atoms with E-state index < -0.39 is 17.8 Å². The second kappa shape index (κ2) is 9.37. The number of nitrogens with one attached hydrogen (secondary N) is 3. The Hall–Kier alpha value is -4.93. The summed E-state index contributed by atoms with van der Waals surface area (Å²) in [6.07, 6.45) is 1.75. The number of carbonyl (C=O) groups is 1. The highest BCUT2D eigenvalue weighted by Gasteiger charge is 2.30. The van der Waals surface area contributed by atoms with Gasteiger partial charge in [0, 0.05) is 29.0 Å². The average Bonchev–Trinajstić information content (AvgIpc) is 3.33. The van der Waals surface area contributed by atoms with Crippen molar-refractivity contribution in [3.8, 4) is 22.9 Å². The molecule has 11 heteroatoms. The Morgan fingerprint density at radius 1 is 0.833 bits per heavy atom. The van der Waals surface area contributed by atoms with Crippen molar-refractivity contribution >= 4 is 28.4 Å². The van der Waals surface area contributed by atoms with Crippen LogP contribution in [-0.2, 0) is 6.18 Å². The lowest BCUT2D eigenvalue weighted by Gasteiger charge is -2.11. The van der Waals surface area contributed by atoms with E-state index in [0.29, 0.717) is 5.75 Å². The van der Waals surface area contributed by atoms with Crippen LogP contribution >= 0.6 is 0 Å². The summed E-state index contributed by atoms with van der Waals surface area (Å²) in [6, 6.07) is 14.9. The number of halogens is 3. The number of aromatic nitrogens is 4. The van der Waals surface area contributed by atoms with Crippen LogP contribution in [0.4, 0.5) is 29.3 Å². The van der Waals surface area contributed by atoms with Gasteiger partial charge in [0.25, 0.3) is 0 Å². The zero-order chi connectivity index (χ0) is 25.1. The number of amides is 2. The van der Waals surface area contributed by atoms with Crippen LogP contribution in [0.5, 0.6) is 11.8 Å². The van der Waals surface area contributed by atoms with Gasteiger partial charge in [0.05, 0.1) is 23.6 Å². The van der Waals surface area contributed by atoms with Crippen molar-refractivity contribution in [3.63, 3.8) is 0 Å². The van der Waals surface area contributed by atoms with Crippen molar-refractivity contribution in [1.29, 1.82) is 0 Å². The van der Waals surface area contributed by atoms with Gasteiger partial charge in [-0.25, -0.2) is 19.7 Å². The summed E-state index contributed by atoms with van der Waals surface area (Å²) in [4.78, 5) is 27.7. The van der Waals surface area contributed by atoms with E-state index in [1.165, 1.54) is 24.5 Å². The highest BCUT2D eigenvalue weighted by molar-refractivity contribution is 5.99. The molecule has 8 nitrogen and oxygen atoms in total. The molecule has 36 heavy (non-hydrogen) atoms. The maximum Gasteiger partial charge on any atom is 0.416 e. The van der Waals surface area contributed by atoms with E-state index in [0.717, 1.165) is 34.3 Å². The largest absolute Gasteiger partial charge is 0.424 e. The number of rotatable bonds is 5. The standard InChI is InChI=1S/C25H17F3N6O2/c26-25(27,28)18-2-1-3-19(11-18)33-23(35)34-20-13-31-24(32-14-20)36-21-6-4-15(5-7-21)17-10-16-8-9-29-22(16)30-12-17/h1-14H,(H,29,30)(H2,33,34,35). The van der Waals surface area contributed by atoms with Gasteiger partial charge in [-0.1, -0.05) is 18.2 Å². The molecular weight excluding hydrogens is 473 g/mol. The Labute approximate surface area is 202 Å². The predicted molar refractivity (Wildman–Crippen MR) is 128 cm³/mol. The second-order valence-corrected chi connectivity index (χ2v) is 7.68. The lowest BCUT2D eigenvalue weighted by molar-refractivity contribution is -0.137. The molecule has 0 atom stereocenters. The van der Waals surface area contributed by atoms with Crippen molar-refractivity contribution < 1.29 is 22.7 Å². The molecule has 180 valence electrons. The number of alkyl halides is 3. The van der Waals surface area contributed by atoms with Crippen molar-refractivity contribution in [3.05, 3.63) is 91.0 Å². The molecule has 0 aliphatic carbocycles. The summed E-state index contributed by atoms with van der Waals surface area (Å²) >= 11 is 0. The molecule has 2 amide bonds. The topological polar surface area (TPSA) is 105 Å². The predicted octanol–water partition coefficient (Wildman–Crippen LogP) is 6.48. The lowest BCUT2D eigenvalue weighted by atomic mass is 10.1. The van der Waals surface area contributed by atoms with Gasteiger partial charge in [0.15, 0.2) is 0 Å². The fraction of sp³-hybridized carbons (Fsp3) is 0.0400. The van der Waals surface area contributed by atoms with Gasteiger partial charge in [-0.05, 0) is 48.0 Å². The number of aromatic amines is 1. The van der Waals surface area contributed by atoms with Gasteiger partial charge in [-0.2, -0.15) is 13.2 Å². The fourth-order valence-electron chi connectivity index (χ4n) is 3.42. The number of ether oxygens (including phenoxy) is 1. The van der Waals surface area contributed by atoms with Crippen LogP contribution < -0.4 is 15.4 Å². The Morgan fingerprint density at radius 3 is 2.33 bits per heavy atom. The molecule has 0 saturated carbocycles. The minimum atomic E-state index is -4.51. The molecule has 0 aliphatic heterocycles. The van der Waals surface area contributed by atoms with Gasteiger partial charge in [0.2, 0.25) is 0 Å². The second-order valence-electron chi connectivity index (χ2n) is 7.68. The average molecular weight is 490 g/mol. The van der Waals surface area contributed by atoms with E-state index in [4.69, 9.17) is 4.74 Å². The molecule has 5 rings (SSSR count). The molecule has 0 unspecified atom stereocenters. The quantitative estimate of drug-likeness (QED) is 0.262. The Kier molecular flexibility index (Phi) is 5.95. The molecule has 0 aliphatic rings. The maximum atomic E-state index is 12.8. The number of benzene rings is 2. The first-order chi connectivity index (χ1) is 17.3. The first-order valence-electron chi connectivity index (χ1n) is 10.6. The van der Waals surface area contributed by atoms with Crippen molar-refractivity contribution in [2.75, 3.05) is 10.6 Å². The fourth-order valence-corrected chi connectivity index (χ4v) is 3.42. The highest BCUT2D eigenvalue weighted by Crippen LogP contribution is 2.31. The van der Waals surface area contributed by atoms with Crippen LogP contribution in [0.25, 0.3) is 22.2 Å². The van der Waals surface area contributed by atoms with Crippen LogP contribution in [0.2, 0.25) is 0 Å². The molecule has 0 radical (unpaired) electrons. The molecule has 3 heterocycles. The van der Waals surface area contributed by atoms with Crippen molar-refractivity contribution in [2.45, 2.75) is 6.18 Å². The minimum absolute atomic E-state index is 0.00422. The SMILES string of the molecule is O=C(Nc1cnc(Oc2ccc(-c3cnc4[nH]ccc4c3)cc2)nc1)Nc1cccc(C(F)(F)F)c1. The summed E-state index contributed by atoms with van der Waals surface area (Å²) in [6.45, 7) is 0. The molecule has 3 N–H and O–H groups in total. The summed E-state index contributed by atoms with van der Waals surface area (Å²) < 4.78 is 44.1. The number of pyridine rings is 1. The Morgan fingerprint density at radius 2 is 1.58 bits per heavy atom. The van der Waals surface area contributed by atoms with Crippen LogP contribution in [0.3, 0.4) is 0 Å². The van der Waals surface area contributed by atoms with Crippen LogP contribution in [0.15, 0.2) is 85.5 Å². The number of urea groups is 1. The number of fused-ring (bicyclic) bond motifs is 1. The van der Waals surface area contributed by atoms with Crippen LogP contribution in [-0.4, -0.2) is 26.0 Å². The number of hydrogen-bond donors (Lipinski definition) is 3. The molecule has 3 aromatic heterocycles. The summed E-state index contributed by atoms with van der Waals surface area (Å²) in [5.41, 5.74) is 2.11. The first-order valence-corrected chi connectivity index (χ1v) is 10.6. The summed E-state index contributed by atoms with van der Waals surface area (Å²) in [5, 5.41) is 5.81. The van der Waals surface area contributed by atoms with Gasteiger partial charge < -0.3 is 20.4 Å². The zero-order valence-corrected chi connectivity index (χ0v) is 18.4. The number of H-pyrrole nitrogens is 1. The van der Waals surface area contributed by atoms with E-state index in [1.807, 2.05) is 30.5 Å². The van der Waals surface area contributed by atoms with Crippen LogP contribution in [0.1, 0.15) is 5.56 Å². The van der Waals surface area contributed by atoms with Gasteiger partial charge in [-0.3, -0.25) is 0 Å². The number of carbonyl (C=O) groups excluding carboxylic acids is 1. The number of nitrogens with zero attached hydrogens (tertiary/aromatic N) is 3. The summed E-state index contributed by atoms with van der Waals surface area (Å²) in [5.74, 6) is 0.512. The Balaban J connectivity index is 1.19. The molecular formula is C25H17F3N6O2. The Bertz CT molecular complexity index is 1520. The zero-order valence-electron chi connectivity index (χ0n) is 18.4. The van der Waals surface area contributed by atoms with Gasteiger partial charge >= 0.3 is 18.2 Å². The normalized spacial score (nSPS) is 11.3. The lowest BCUT2D eigenvalue weighted by Crippen LogP contribution is -2.20. The maximum absolute atomic E-state index is 12.8. The van der Waals surface area contributed by atoms with E-state index in [1.54, 1.807) is 18.3 Å². The van der Waals surface area contributed by atoms with Crippen molar-refractivity contribution in [2.24, 2.45) is 0 Å². The molecule has 0 bridgehead atoms.